The van der Waals surface area contributed by atoms with Crippen molar-refractivity contribution >= 4 is 23.6 Å². The van der Waals surface area contributed by atoms with Gasteiger partial charge in [-0.2, -0.15) is 11.8 Å². The van der Waals surface area contributed by atoms with Crippen LogP contribution in [0.15, 0.2) is 0 Å². The number of carboxylic acids is 1. The van der Waals surface area contributed by atoms with Crippen molar-refractivity contribution in [1.29, 1.82) is 0 Å². The number of amides is 1. The minimum Gasteiger partial charge on any atom is -0.480 e. The van der Waals surface area contributed by atoms with Crippen molar-refractivity contribution in [3.8, 4) is 0 Å². The Labute approximate surface area is 107 Å². The molecule has 0 aromatic carbocycles. The van der Waals surface area contributed by atoms with Gasteiger partial charge in [-0.3, -0.25) is 9.59 Å². The van der Waals surface area contributed by atoms with Crippen molar-refractivity contribution in [2.24, 2.45) is 11.7 Å². The van der Waals surface area contributed by atoms with E-state index in [1.54, 1.807) is 0 Å². The molecule has 1 unspecified atom stereocenters. The van der Waals surface area contributed by atoms with Gasteiger partial charge in [0.1, 0.15) is 6.04 Å². The number of nitrogens with one attached hydrogen (secondary N) is 1. The lowest BCUT2D eigenvalue weighted by atomic mass is 10.1. The van der Waals surface area contributed by atoms with E-state index in [-0.39, 0.29) is 5.91 Å². The van der Waals surface area contributed by atoms with Crippen LogP contribution in [0.3, 0.4) is 0 Å². The predicted molar refractivity (Wildman–Crippen MR) is 70.0 cm³/mol. The lowest BCUT2D eigenvalue weighted by molar-refractivity contribution is -0.138. The van der Waals surface area contributed by atoms with Gasteiger partial charge in [-0.1, -0.05) is 13.8 Å². The minimum atomic E-state index is -0.994. The van der Waals surface area contributed by atoms with Gasteiger partial charge in [-0.15, -0.1) is 0 Å². The molecule has 0 spiro atoms. The maximum atomic E-state index is 11.3. The molecule has 1 amide bonds. The average molecular weight is 262 g/mol. The second-order valence-electron chi connectivity index (χ2n) is 4.32. The van der Waals surface area contributed by atoms with Crippen LogP contribution in [-0.2, 0) is 9.59 Å². The summed E-state index contributed by atoms with van der Waals surface area (Å²) in [5.41, 5.74) is 5.33. The topological polar surface area (TPSA) is 92.4 Å². The summed E-state index contributed by atoms with van der Waals surface area (Å²) in [6.07, 6.45) is 1.36. The molecule has 0 aliphatic rings. The molecule has 0 aromatic heterocycles. The van der Waals surface area contributed by atoms with Gasteiger partial charge >= 0.3 is 5.97 Å². The van der Waals surface area contributed by atoms with Crippen LogP contribution < -0.4 is 11.1 Å². The lowest BCUT2D eigenvalue weighted by Crippen LogP contribution is -2.31. The molecule has 4 N–H and O–H groups in total. The Bertz CT molecular complexity index is 247. The summed E-state index contributed by atoms with van der Waals surface area (Å²) in [6, 6.07) is -0.827. The highest BCUT2D eigenvalue weighted by atomic mass is 32.2. The van der Waals surface area contributed by atoms with Gasteiger partial charge in [0.15, 0.2) is 0 Å². The molecule has 0 heterocycles. The molecule has 6 heteroatoms. The molecular formula is C11H22N2O3S. The number of hydrogen-bond donors (Lipinski definition) is 3. The first-order valence-corrected chi connectivity index (χ1v) is 6.91. The van der Waals surface area contributed by atoms with E-state index in [2.05, 4.69) is 19.2 Å². The molecule has 0 radical (unpaired) electrons. The molecule has 0 saturated carbocycles. The molecule has 0 aliphatic heterocycles. The van der Waals surface area contributed by atoms with E-state index in [9.17, 15) is 9.59 Å². The Hall–Kier alpha value is -0.750. The first-order valence-electron chi connectivity index (χ1n) is 5.76. The molecule has 0 bridgehead atoms. The van der Waals surface area contributed by atoms with E-state index in [0.717, 1.165) is 6.42 Å². The SMILES string of the molecule is CC(C)CCNC(=O)CSCCC(N)C(=O)O. The van der Waals surface area contributed by atoms with E-state index >= 15 is 0 Å². The van der Waals surface area contributed by atoms with Gasteiger partial charge < -0.3 is 16.2 Å². The summed E-state index contributed by atoms with van der Waals surface area (Å²) in [6.45, 7) is 4.91. The molecule has 0 aliphatic carbocycles. The van der Waals surface area contributed by atoms with E-state index in [1.165, 1.54) is 11.8 Å². The predicted octanol–water partition coefficient (Wildman–Crippen LogP) is 0.684. The fourth-order valence-electron chi connectivity index (χ4n) is 1.05. The second-order valence-corrected chi connectivity index (χ2v) is 5.42. The maximum absolute atomic E-state index is 11.3. The van der Waals surface area contributed by atoms with Crippen molar-refractivity contribution in [2.75, 3.05) is 18.1 Å². The fraction of sp³-hybridized carbons (Fsp3) is 0.818. The van der Waals surface area contributed by atoms with Crippen LogP contribution in [0.2, 0.25) is 0 Å². The van der Waals surface area contributed by atoms with Crippen LogP contribution in [-0.4, -0.2) is 41.1 Å². The van der Waals surface area contributed by atoms with Gasteiger partial charge in [0.2, 0.25) is 5.91 Å². The van der Waals surface area contributed by atoms with Crippen LogP contribution >= 0.6 is 11.8 Å². The highest BCUT2D eigenvalue weighted by molar-refractivity contribution is 7.99. The third-order valence-electron chi connectivity index (χ3n) is 2.17. The zero-order valence-corrected chi connectivity index (χ0v) is 11.3. The zero-order valence-electron chi connectivity index (χ0n) is 10.4. The van der Waals surface area contributed by atoms with Crippen LogP contribution in [0.25, 0.3) is 0 Å². The van der Waals surface area contributed by atoms with E-state index < -0.39 is 12.0 Å². The van der Waals surface area contributed by atoms with Crippen molar-refractivity contribution in [3.05, 3.63) is 0 Å². The first kappa shape index (κ1) is 16.2. The highest BCUT2D eigenvalue weighted by Crippen LogP contribution is 2.04. The van der Waals surface area contributed by atoms with Crippen LogP contribution in [0, 0.1) is 5.92 Å². The number of carboxylic acid groups (broad SMARTS) is 1. The molecule has 0 rings (SSSR count). The first-order chi connectivity index (χ1) is 7.93. The number of rotatable bonds is 9. The smallest absolute Gasteiger partial charge is 0.320 e. The van der Waals surface area contributed by atoms with E-state index in [1.807, 2.05) is 0 Å². The van der Waals surface area contributed by atoms with Crippen molar-refractivity contribution in [2.45, 2.75) is 32.7 Å². The second kappa shape index (κ2) is 9.30. The van der Waals surface area contributed by atoms with Gasteiger partial charge in [-0.25, -0.2) is 0 Å². The molecule has 5 nitrogen and oxygen atoms in total. The number of thioether (sulfide) groups is 1. The lowest BCUT2D eigenvalue weighted by Gasteiger charge is -2.08. The Morgan fingerprint density at radius 1 is 1.35 bits per heavy atom. The number of aliphatic carboxylic acids is 1. The van der Waals surface area contributed by atoms with E-state index in [0.29, 0.717) is 30.4 Å². The monoisotopic (exact) mass is 262 g/mol. The quantitative estimate of drug-likeness (QED) is 0.531. The zero-order chi connectivity index (χ0) is 13.3. The van der Waals surface area contributed by atoms with Crippen molar-refractivity contribution in [3.63, 3.8) is 0 Å². The third-order valence-corrected chi connectivity index (χ3v) is 3.16. The summed E-state index contributed by atoms with van der Waals surface area (Å²) in [4.78, 5) is 21.7. The van der Waals surface area contributed by atoms with Gasteiger partial charge in [0, 0.05) is 6.54 Å². The van der Waals surface area contributed by atoms with Gasteiger partial charge in [0.25, 0.3) is 0 Å². The van der Waals surface area contributed by atoms with Crippen molar-refractivity contribution < 1.29 is 14.7 Å². The summed E-state index contributed by atoms with van der Waals surface area (Å²) in [7, 11) is 0. The Kier molecular flexibility index (Phi) is 8.89. The molecule has 17 heavy (non-hydrogen) atoms. The molecule has 100 valence electrons. The summed E-state index contributed by atoms with van der Waals surface area (Å²) in [5, 5.41) is 11.4. The molecule has 1 atom stereocenters. The van der Waals surface area contributed by atoms with Crippen LogP contribution in [0.4, 0.5) is 0 Å². The third kappa shape index (κ3) is 10.1. The van der Waals surface area contributed by atoms with E-state index in [4.69, 9.17) is 10.8 Å². The Morgan fingerprint density at radius 2 is 2.00 bits per heavy atom. The Balaban J connectivity index is 3.42. The van der Waals surface area contributed by atoms with Crippen molar-refractivity contribution in [1.82, 2.24) is 5.32 Å². The summed E-state index contributed by atoms with van der Waals surface area (Å²) < 4.78 is 0. The molecule has 0 saturated heterocycles. The largest absolute Gasteiger partial charge is 0.480 e. The molecular weight excluding hydrogens is 240 g/mol. The Morgan fingerprint density at radius 3 is 2.53 bits per heavy atom. The minimum absolute atomic E-state index is 0.000420. The standard InChI is InChI=1S/C11H22N2O3S/c1-8(2)3-5-13-10(14)7-17-6-4-9(12)11(15)16/h8-9H,3-7,12H2,1-2H3,(H,13,14)(H,15,16). The van der Waals surface area contributed by atoms with Crippen LogP contribution in [0.5, 0.6) is 0 Å². The van der Waals surface area contributed by atoms with Crippen LogP contribution in [0.1, 0.15) is 26.7 Å². The summed E-state index contributed by atoms with van der Waals surface area (Å²) >= 11 is 1.41. The average Bonchev–Trinajstić information content (AvgIpc) is 2.23. The summed E-state index contributed by atoms with van der Waals surface area (Å²) in [5.74, 6) is 0.540. The highest BCUT2D eigenvalue weighted by Gasteiger charge is 2.10. The number of carbonyl (C=O) groups excluding carboxylic acids is 1. The normalized spacial score (nSPS) is 12.5. The van der Waals surface area contributed by atoms with Gasteiger partial charge in [0.05, 0.1) is 5.75 Å². The maximum Gasteiger partial charge on any atom is 0.320 e. The number of nitrogens with two attached hydrogens (primary N) is 1. The molecule has 0 aromatic rings. The number of hydrogen-bond acceptors (Lipinski definition) is 4. The van der Waals surface area contributed by atoms with Gasteiger partial charge in [-0.05, 0) is 24.5 Å². The number of carbonyl (C=O) groups is 2. The molecule has 0 fully saturated rings. The fourth-order valence-corrected chi connectivity index (χ4v) is 1.90.